The molecule has 0 fully saturated rings. The van der Waals surface area contributed by atoms with Gasteiger partial charge < -0.3 is 10.4 Å². The number of thioether (sulfide) groups is 1. The molecule has 0 aliphatic heterocycles. The fourth-order valence-corrected chi connectivity index (χ4v) is 1.40. The molecule has 0 saturated heterocycles. The minimum absolute atomic E-state index is 0.0296. The van der Waals surface area contributed by atoms with Gasteiger partial charge in [0.15, 0.2) is 0 Å². The van der Waals surface area contributed by atoms with E-state index in [1.54, 1.807) is 11.8 Å². The second-order valence-electron chi connectivity index (χ2n) is 3.50. The molecule has 0 aromatic carbocycles. The van der Waals surface area contributed by atoms with E-state index in [9.17, 15) is 9.90 Å². The summed E-state index contributed by atoms with van der Waals surface area (Å²) in [6.07, 6.45) is 3.81. The third kappa shape index (κ3) is 7.21. The molecule has 0 aliphatic rings. The standard InChI is InChI=1S/C10H21NO2S/c1-4-5-9(12)7-11-10(13)6-8(2)14-3/h8-9,12H,4-7H2,1-3H3,(H,11,13). The van der Waals surface area contributed by atoms with E-state index in [2.05, 4.69) is 5.32 Å². The zero-order chi connectivity index (χ0) is 11.0. The van der Waals surface area contributed by atoms with E-state index < -0.39 is 6.10 Å². The highest BCUT2D eigenvalue weighted by atomic mass is 32.2. The minimum Gasteiger partial charge on any atom is -0.391 e. The van der Waals surface area contributed by atoms with E-state index in [4.69, 9.17) is 0 Å². The first-order chi connectivity index (χ1) is 6.60. The van der Waals surface area contributed by atoms with E-state index in [0.29, 0.717) is 18.2 Å². The largest absolute Gasteiger partial charge is 0.391 e. The maximum absolute atomic E-state index is 11.3. The van der Waals surface area contributed by atoms with Gasteiger partial charge >= 0.3 is 0 Å². The van der Waals surface area contributed by atoms with E-state index in [1.165, 1.54) is 0 Å². The van der Waals surface area contributed by atoms with Crippen LogP contribution in [0.4, 0.5) is 0 Å². The highest BCUT2D eigenvalue weighted by Gasteiger charge is 2.09. The Bertz CT molecular complexity index is 164. The molecule has 2 atom stereocenters. The van der Waals surface area contributed by atoms with E-state index in [-0.39, 0.29) is 5.91 Å². The molecule has 0 aromatic rings. The van der Waals surface area contributed by atoms with Gasteiger partial charge in [0.05, 0.1) is 6.10 Å². The predicted octanol–water partition coefficient (Wildman–Crippen LogP) is 1.41. The average Bonchev–Trinajstić information content (AvgIpc) is 2.15. The van der Waals surface area contributed by atoms with Crippen molar-refractivity contribution in [2.24, 2.45) is 0 Å². The van der Waals surface area contributed by atoms with Crippen LogP contribution in [-0.2, 0) is 4.79 Å². The van der Waals surface area contributed by atoms with E-state index >= 15 is 0 Å². The molecule has 4 heteroatoms. The lowest BCUT2D eigenvalue weighted by atomic mass is 10.2. The van der Waals surface area contributed by atoms with Crippen molar-refractivity contribution in [3.63, 3.8) is 0 Å². The average molecular weight is 219 g/mol. The maximum Gasteiger partial charge on any atom is 0.221 e. The summed E-state index contributed by atoms with van der Waals surface area (Å²) in [7, 11) is 0. The Balaban J connectivity index is 3.53. The van der Waals surface area contributed by atoms with Crippen LogP contribution in [0, 0.1) is 0 Å². The third-order valence-corrected chi connectivity index (χ3v) is 3.00. The molecule has 0 heterocycles. The van der Waals surface area contributed by atoms with E-state index in [1.807, 2.05) is 20.1 Å². The van der Waals surface area contributed by atoms with Crippen molar-refractivity contribution in [1.29, 1.82) is 0 Å². The minimum atomic E-state index is -0.395. The predicted molar refractivity (Wildman–Crippen MR) is 61.5 cm³/mol. The number of amides is 1. The van der Waals surface area contributed by atoms with Gasteiger partial charge in [0, 0.05) is 18.2 Å². The van der Waals surface area contributed by atoms with Gasteiger partial charge in [-0.2, -0.15) is 11.8 Å². The van der Waals surface area contributed by atoms with Crippen LogP contribution in [-0.4, -0.2) is 35.2 Å². The molecule has 3 nitrogen and oxygen atoms in total. The highest BCUT2D eigenvalue weighted by Crippen LogP contribution is 2.08. The SMILES string of the molecule is CCCC(O)CNC(=O)CC(C)SC. The molecule has 0 aromatic heterocycles. The lowest BCUT2D eigenvalue weighted by Gasteiger charge is -2.12. The highest BCUT2D eigenvalue weighted by molar-refractivity contribution is 7.99. The third-order valence-electron chi connectivity index (χ3n) is 2.03. The van der Waals surface area contributed by atoms with Crippen LogP contribution in [0.25, 0.3) is 0 Å². The number of carbonyl (C=O) groups excluding carboxylic acids is 1. The first-order valence-corrected chi connectivity index (χ1v) is 6.36. The zero-order valence-corrected chi connectivity index (χ0v) is 10.1. The van der Waals surface area contributed by atoms with Crippen LogP contribution < -0.4 is 5.32 Å². The topological polar surface area (TPSA) is 49.3 Å². The van der Waals surface area contributed by atoms with Crippen molar-refractivity contribution in [3.05, 3.63) is 0 Å². The second-order valence-corrected chi connectivity index (χ2v) is 4.77. The van der Waals surface area contributed by atoms with Crippen molar-refractivity contribution in [1.82, 2.24) is 5.32 Å². The van der Waals surface area contributed by atoms with Crippen LogP contribution in [0.5, 0.6) is 0 Å². The number of hydrogen-bond donors (Lipinski definition) is 2. The summed E-state index contributed by atoms with van der Waals surface area (Å²) >= 11 is 1.67. The van der Waals surface area contributed by atoms with Gasteiger partial charge in [-0.3, -0.25) is 4.79 Å². The summed E-state index contributed by atoms with van der Waals surface area (Å²) in [6, 6.07) is 0. The number of nitrogens with one attached hydrogen (secondary N) is 1. The Morgan fingerprint density at radius 2 is 2.21 bits per heavy atom. The van der Waals surface area contributed by atoms with Crippen molar-refractivity contribution in [3.8, 4) is 0 Å². The van der Waals surface area contributed by atoms with Gasteiger partial charge in [-0.05, 0) is 12.7 Å². The molecule has 84 valence electrons. The van der Waals surface area contributed by atoms with Crippen LogP contribution in [0.3, 0.4) is 0 Å². The Morgan fingerprint density at radius 1 is 1.57 bits per heavy atom. The fourth-order valence-electron chi connectivity index (χ4n) is 1.08. The molecule has 1 amide bonds. The van der Waals surface area contributed by atoms with Gasteiger partial charge in [0.1, 0.15) is 0 Å². The first-order valence-electron chi connectivity index (χ1n) is 5.07. The second kappa shape index (κ2) is 8.12. The van der Waals surface area contributed by atoms with Gasteiger partial charge in [-0.15, -0.1) is 0 Å². The Hall–Kier alpha value is -0.220. The molecule has 2 N–H and O–H groups in total. The smallest absolute Gasteiger partial charge is 0.221 e. The van der Waals surface area contributed by atoms with Crippen LogP contribution in [0.1, 0.15) is 33.1 Å². The summed E-state index contributed by atoms with van der Waals surface area (Å²) in [6.45, 7) is 4.42. The van der Waals surface area contributed by atoms with Gasteiger partial charge in [-0.25, -0.2) is 0 Å². The lowest BCUT2D eigenvalue weighted by molar-refractivity contribution is -0.121. The monoisotopic (exact) mass is 219 g/mol. The van der Waals surface area contributed by atoms with Crippen LogP contribution >= 0.6 is 11.8 Å². The first kappa shape index (κ1) is 13.8. The summed E-state index contributed by atoms with van der Waals surface area (Å²) in [5.41, 5.74) is 0. The Labute approximate surface area is 90.7 Å². The number of carbonyl (C=O) groups is 1. The molecular weight excluding hydrogens is 198 g/mol. The van der Waals surface area contributed by atoms with Crippen LogP contribution in [0.15, 0.2) is 0 Å². The molecule has 2 unspecified atom stereocenters. The summed E-state index contributed by atoms with van der Waals surface area (Å²) in [4.78, 5) is 11.3. The van der Waals surface area contributed by atoms with Gasteiger partial charge in [0.25, 0.3) is 0 Å². The summed E-state index contributed by atoms with van der Waals surface area (Å²) < 4.78 is 0. The quantitative estimate of drug-likeness (QED) is 0.680. The normalized spacial score (nSPS) is 14.9. The molecular formula is C10H21NO2S. The molecule has 0 bridgehead atoms. The van der Waals surface area contributed by atoms with Gasteiger partial charge in [-0.1, -0.05) is 20.3 Å². The Kier molecular flexibility index (Phi) is 7.99. The van der Waals surface area contributed by atoms with Crippen molar-refractivity contribution < 1.29 is 9.90 Å². The molecule has 0 saturated carbocycles. The number of hydrogen-bond acceptors (Lipinski definition) is 3. The van der Waals surface area contributed by atoms with Crippen LogP contribution in [0.2, 0.25) is 0 Å². The molecule has 0 aliphatic carbocycles. The fraction of sp³-hybridized carbons (Fsp3) is 0.900. The Morgan fingerprint density at radius 3 is 2.71 bits per heavy atom. The van der Waals surface area contributed by atoms with E-state index in [0.717, 1.165) is 12.8 Å². The van der Waals surface area contributed by atoms with Crippen molar-refractivity contribution in [2.75, 3.05) is 12.8 Å². The number of rotatable bonds is 7. The van der Waals surface area contributed by atoms with Crippen molar-refractivity contribution >= 4 is 17.7 Å². The molecule has 0 spiro atoms. The summed E-state index contributed by atoms with van der Waals surface area (Å²) in [5, 5.41) is 12.4. The summed E-state index contributed by atoms with van der Waals surface area (Å²) in [5.74, 6) is 0.0296. The van der Waals surface area contributed by atoms with Crippen molar-refractivity contribution in [2.45, 2.75) is 44.5 Å². The van der Waals surface area contributed by atoms with Gasteiger partial charge in [0.2, 0.25) is 5.91 Å². The molecule has 0 radical (unpaired) electrons. The lowest BCUT2D eigenvalue weighted by Crippen LogP contribution is -2.33. The zero-order valence-electron chi connectivity index (χ0n) is 9.25. The maximum atomic E-state index is 11.3. The number of aliphatic hydroxyl groups is 1. The molecule has 0 rings (SSSR count). The number of aliphatic hydroxyl groups excluding tert-OH is 1. The molecule has 14 heavy (non-hydrogen) atoms.